The molecule has 0 aliphatic carbocycles. The molecule has 0 unspecified atom stereocenters. The molecule has 0 fully saturated rings. The Bertz CT molecular complexity index is 528. The van der Waals surface area contributed by atoms with Crippen LogP contribution in [0.1, 0.15) is 12.6 Å². The highest BCUT2D eigenvalue weighted by Crippen LogP contribution is 2.15. The van der Waals surface area contributed by atoms with Gasteiger partial charge < -0.3 is 15.2 Å². The predicted molar refractivity (Wildman–Crippen MR) is 86.5 cm³/mol. The zero-order valence-corrected chi connectivity index (χ0v) is 12.9. The first-order valence-corrected chi connectivity index (χ1v) is 7.96. The van der Waals surface area contributed by atoms with Crippen molar-refractivity contribution in [1.29, 1.82) is 0 Å². The van der Waals surface area contributed by atoms with Gasteiger partial charge in [-0.25, -0.2) is 4.99 Å². The van der Waals surface area contributed by atoms with Gasteiger partial charge in [0.2, 0.25) is 0 Å². The molecule has 112 valence electrons. The first kappa shape index (κ1) is 15.4. The molecule has 2 aromatic rings. The lowest BCUT2D eigenvalue weighted by Crippen LogP contribution is -2.38. The number of hydrogen-bond acceptors (Lipinski definition) is 4. The van der Waals surface area contributed by atoms with Gasteiger partial charge in [-0.15, -0.1) is 11.8 Å². The molecule has 2 rings (SSSR count). The molecule has 0 atom stereocenters. The highest BCUT2D eigenvalue weighted by molar-refractivity contribution is 7.99. The molecule has 21 heavy (non-hydrogen) atoms. The number of aliphatic imine (C=N–C) groups is 1. The maximum absolute atomic E-state index is 4.79. The summed E-state index contributed by atoms with van der Waals surface area (Å²) in [4.78, 5) is 5.74. The van der Waals surface area contributed by atoms with Crippen molar-refractivity contribution in [2.75, 3.05) is 18.8 Å². The Balaban J connectivity index is 1.73. The summed E-state index contributed by atoms with van der Waals surface area (Å²) in [5.74, 6) is 1.78. The largest absolute Gasteiger partial charge is 0.364 e. The summed E-state index contributed by atoms with van der Waals surface area (Å²) >= 11 is 1.82. The van der Waals surface area contributed by atoms with Crippen molar-refractivity contribution < 1.29 is 4.52 Å². The number of nitrogens with one attached hydrogen (secondary N) is 2. The molecule has 0 aliphatic rings. The Morgan fingerprint density at radius 3 is 2.81 bits per heavy atom. The molecule has 5 nitrogen and oxygen atoms in total. The lowest BCUT2D eigenvalue weighted by atomic mass is 10.4. The van der Waals surface area contributed by atoms with Crippen molar-refractivity contribution in [3.63, 3.8) is 0 Å². The van der Waals surface area contributed by atoms with Crippen molar-refractivity contribution in [2.24, 2.45) is 4.99 Å². The molecular weight excluding hydrogens is 284 g/mol. The molecule has 1 heterocycles. The van der Waals surface area contributed by atoms with E-state index in [0.717, 1.165) is 30.5 Å². The zero-order chi connectivity index (χ0) is 14.8. The third-order valence-electron chi connectivity index (χ3n) is 2.64. The predicted octanol–water partition coefficient (Wildman–Crippen LogP) is 2.52. The van der Waals surface area contributed by atoms with Gasteiger partial charge in [0.25, 0.3) is 0 Å². The van der Waals surface area contributed by atoms with E-state index in [-0.39, 0.29) is 0 Å². The van der Waals surface area contributed by atoms with E-state index in [1.54, 1.807) is 6.26 Å². The smallest absolute Gasteiger partial charge is 0.191 e. The Hall–Kier alpha value is -1.95. The van der Waals surface area contributed by atoms with E-state index in [9.17, 15) is 0 Å². The van der Waals surface area contributed by atoms with Gasteiger partial charge in [0.05, 0.1) is 6.54 Å². The topological polar surface area (TPSA) is 62.5 Å². The molecule has 0 saturated carbocycles. The van der Waals surface area contributed by atoms with Crippen LogP contribution in [0.25, 0.3) is 0 Å². The lowest BCUT2D eigenvalue weighted by molar-refractivity contribution is 0.412. The van der Waals surface area contributed by atoms with Crippen molar-refractivity contribution in [1.82, 2.24) is 15.8 Å². The van der Waals surface area contributed by atoms with Crippen LogP contribution >= 0.6 is 11.8 Å². The van der Waals surface area contributed by atoms with Crippen molar-refractivity contribution in [3.05, 3.63) is 48.4 Å². The number of nitrogens with zero attached hydrogens (tertiary/aromatic N) is 2. The summed E-state index contributed by atoms with van der Waals surface area (Å²) in [6, 6.07) is 12.2. The van der Waals surface area contributed by atoms with Gasteiger partial charge >= 0.3 is 0 Å². The fraction of sp³-hybridized carbons (Fsp3) is 0.333. The maximum Gasteiger partial charge on any atom is 0.191 e. The van der Waals surface area contributed by atoms with E-state index in [2.05, 4.69) is 45.0 Å². The molecule has 0 amide bonds. The number of benzene rings is 1. The van der Waals surface area contributed by atoms with Crippen LogP contribution in [0.2, 0.25) is 0 Å². The van der Waals surface area contributed by atoms with Gasteiger partial charge in [-0.05, 0) is 19.1 Å². The molecule has 0 radical (unpaired) electrons. The summed E-state index contributed by atoms with van der Waals surface area (Å²) in [6.45, 7) is 4.24. The minimum atomic E-state index is 0.512. The first-order chi connectivity index (χ1) is 10.4. The molecule has 0 aliphatic heterocycles. The molecule has 0 bridgehead atoms. The van der Waals surface area contributed by atoms with Crippen LogP contribution < -0.4 is 10.6 Å². The number of guanidine groups is 1. The van der Waals surface area contributed by atoms with Crippen LogP contribution in [0, 0.1) is 0 Å². The number of aromatic nitrogens is 1. The molecule has 2 N–H and O–H groups in total. The van der Waals surface area contributed by atoms with Crippen LogP contribution in [0.5, 0.6) is 0 Å². The van der Waals surface area contributed by atoms with Gasteiger partial charge in [-0.1, -0.05) is 23.4 Å². The van der Waals surface area contributed by atoms with Crippen molar-refractivity contribution >= 4 is 17.7 Å². The van der Waals surface area contributed by atoms with Gasteiger partial charge in [0, 0.05) is 29.8 Å². The minimum Gasteiger partial charge on any atom is -0.364 e. The van der Waals surface area contributed by atoms with Gasteiger partial charge in [0.1, 0.15) is 12.0 Å². The second-order valence-corrected chi connectivity index (χ2v) is 5.44. The second kappa shape index (κ2) is 9.07. The Labute approximate surface area is 129 Å². The number of rotatable bonds is 7. The Morgan fingerprint density at radius 1 is 1.24 bits per heavy atom. The summed E-state index contributed by atoms with van der Waals surface area (Å²) in [7, 11) is 0. The van der Waals surface area contributed by atoms with E-state index in [0.29, 0.717) is 6.54 Å². The average molecular weight is 304 g/mol. The third-order valence-corrected chi connectivity index (χ3v) is 3.65. The molecule has 0 saturated heterocycles. The second-order valence-electron chi connectivity index (χ2n) is 4.27. The summed E-state index contributed by atoms with van der Waals surface area (Å²) < 4.78 is 4.79. The normalized spacial score (nSPS) is 11.4. The summed E-state index contributed by atoms with van der Waals surface area (Å²) in [5, 5.41) is 10.4. The van der Waals surface area contributed by atoms with E-state index in [4.69, 9.17) is 4.52 Å². The molecule has 1 aromatic carbocycles. The number of thioether (sulfide) groups is 1. The first-order valence-electron chi connectivity index (χ1n) is 6.97. The van der Waals surface area contributed by atoms with Gasteiger partial charge in [0.15, 0.2) is 5.96 Å². The van der Waals surface area contributed by atoms with Crippen LogP contribution in [-0.2, 0) is 6.54 Å². The van der Waals surface area contributed by atoms with E-state index in [1.807, 2.05) is 30.8 Å². The highest BCUT2D eigenvalue weighted by Gasteiger charge is 1.99. The van der Waals surface area contributed by atoms with Gasteiger partial charge in [-0.3, -0.25) is 0 Å². The van der Waals surface area contributed by atoms with Crippen molar-refractivity contribution in [2.45, 2.75) is 18.4 Å². The highest BCUT2D eigenvalue weighted by atomic mass is 32.2. The van der Waals surface area contributed by atoms with Crippen LogP contribution in [-0.4, -0.2) is 30.0 Å². The molecule has 6 heteroatoms. The molecule has 1 aromatic heterocycles. The third kappa shape index (κ3) is 5.91. The average Bonchev–Trinajstić information content (AvgIpc) is 3.03. The van der Waals surface area contributed by atoms with Crippen LogP contribution in [0.4, 0.5) is 0 Å². The number of hydrogen-bond donors (Lipinski definition) is 2. The Kier molecular flexibility index (Phi) is 6.67. The van der Waals surface area contributed by atoms with Crippen molar-refractivity contribution in [3.8, 4) is 0 Å². The van der Waals surface area contributed by atoms with E-state index in [1.165, 1.54) is 4.90 Å². The summed E-state index contributed by atoms with van der Waals surface area (Å²) in [6.07, 6.45) is 1.56. The minimum absolute atomic E-state index is 0.512. The molecular formula is C15H20N4OS. The lowest BCUT2D eigenvalue weighted by Gasteiger charge is -2.10. The fourth-order valence-electron chi connectivity index (χ4n) is 1.68. The van der Waals surface area contributed by atoms with Gasteiger partial charge in [-0.2, -0.15) is 0 Å². The Morgan fingerprint density at radius 2 is 2.10 bits per heavy atom. The standard InChI is InChI=1S/C15H20N4OS/c1-2-16-15(18-12-13-8-10-20-19-13)17-9-11-21-14-6-4-3-5-7-14/h3-8,10H,2,9,11-12H2,1H3,(H2,16,17,18). The SMILES string of the molecule is CCNC(=NCc1ccon1)NCCSc1ccccc1. The quantitative estimate of drug-likeness (QED) is 0.356. The molecule has 0 spiro atoms. The monoisotopic (exact) mass is 304 g/mol. The zero-order valence-electron chi connectivity index (χ0n) is 12.1. The van der Waals surface area contributed by atoms with E-state index >= 15 is 0 Å². The van der Waals surface area contributed by atoms with Crippen LogP contribution in [0.3, 0.4) is 0 Å². The summed E-state index contributed by atoms with van der Waals surface area (Å²) in [5.41, 5.74) is 0.825. The maximum atomic E-state index is 4.79. The van der Waals surface area contributed by atoms with E-state index < -0.39 is 0 Å². The fourth-order valence-corrected chi connectivity index (χ4v) is 2.47. The van der Waals surface area contributed by atoms with Crippen LogP contribution in [0.15, 0.2) is 57.1 Å².